The molecule has 0 bridgehead atoms. The van der Waals surface area contributed by atoms with E-state index >= 15 is 0 Å². The molecule has 2 N–H and O–H groups in total. The van der Waals surface area contributed by atoms with Crippen LogP contribution in [-0.4, -0.2) is 41.8 Å². The van der Waals surface area contributed by atoms with Gasteiger partial charge in [0.1, 0.15) is 5.66 Å². The zero-order chi connectivity index (χ0) is 20.1. The van der Waals surface area contributed by atoms with Gasteiger partial charge in [-0.25, -0.2) is 8.78 Å². The normalized spacial score (nSPS) is 25.7. The van der Waals surface area contributed by atoms with Crippen molar-refractivity contribution in [2.45, 2.75) is 37.1 Å². The Bertz CT molecular complexity index is 959. The third kappa shape index (κ3) is 3.38. The summed E-state index contributed by atoms with van der Waals surface area (Å²) in [5.41, 5.74) is 1.40. The number of piperidine rings is 1. The number of nitrogens with zero attached hydrogens (tertiary/aromatic N) is 1. The molecule has 0 saturated carbocycles. The molecular weight excluding hydrogens is 376 g/mol. The zero-order valence-electron chi connectivity index (χ0n) is 16.0. The van der Waals surface area contributed by atoms with Crippen LogP contribution < -0.4 is 10.6 Å². The van der Waals surface area contributed by atoms with E-state index in [0.717, 1.165) is 37.2 Å². The van der Waals surface area contributed by atoms with Gasteiger partial charge in [0, 0.05) is 31.7 Å². The van der Waals surface area contributed by atoms with E-state index in [1.54, 1.807) is 6.07 Å². The number of ether oxygens (including phenoxy) is 1. The van der Waals surface area contributed by atoms with E-state index in [-0.39, 0.29) is 11.5 Å². The van der Waals surface area contributed by atoms with E-state index < -0.39 is 17.3 Å². The first-order chi connectivity index (χ1) is 14.0. The van der Waals surface area contributed by atoms with Crippen molar-refractivity contribution in [2.24, 2.45) is 0 Å². The molecule has 3 aliphatic heterocycles. The highest BCUT2D eigenvalue weighted by atomic mass is 19.2. The molecule has 29 heavy (non-hydrogen) atoms. The van der Waals surface area contributed by atoms with Crippen molar-refractivity contribution in [3.05, 3.63) is 65.2 Å². The van der Waals surface area contributed by atoms with Crippen LogP contribution in [0.5, 0.6) is 0 Å². The SMILES string of the molecule is O=C1NC2(COC3(CCN(Cc4ccc(F)c(F)c4)CC3)C2)Nc2ccccc21. The van der Waals surface area contributed by atoms with Gasteiger partial charge in [-0.2, -0.15) is 0 Å². The molecule has 7 heteroatoms. The van der Waals surface area contributed by atoms with Crippen LogP contribution in [-0.2, 0) is 11.3 Å². The molecule has 2 aromatic carbocycles. The first-order valence-corrected chi connectivity index (χ1v) is 9.96. The fourth-order valence-corrected chi connectivity index (χ4v) is 4.79. The molecular formula is C22H23F2N3O2. The monoisotopic (exact) mass is 399 g/mol. The van der Waals surface area contributed by atoms with Crippen LogP contribution in [0.1, 0.15) is 35.2 Å². The summed E-state index contributed by atoms with van der Waals surface area (Å²) in [6, 6.07) is 11.6. The Hall–Kier alpha value is -2.51. The first kappa shape index (κ1) is 18.5. The van der Waals surface area contributed by atoms with Crippen molar-refractivity contribution < 1.29 is 18.3 Å². The van der Waals surface area contributed by atoms with E-state index in [9.17, 15) is 13.6 Å². The summed E-state index contributed by atoms with van der Waals surface area (Å²) in [7, 11) is 0. The Morgan fingerprint density at radius 2 is 1.83 bits per heavy atom. The van der Waals surface area contributed by atoms with Gasteiger partial charge in [0.15, 0.2) is 11.6 Å². The van der Waals surface area contributed by atoms with Gasteiger partial charge in [0.25, 0.3) is 5.91 Å². The predicted octanol–water partition coefficient (Wildman–Crippen LogP) is 3.27. The van der Waals surface area contributed by atoms with Crippen molar-refractivity contribution >= 4 is 11.6 Å². The molecule has 2 aromatic rings. The van der Waals surface area contributed by atoms with Crippen molar-refractivity contribution in [1.82, 2.24) is 10.2 Å². The minimum atomic E-state index is -0.820. The molecule has 1 unspecified atom stereocenters. The molecule has 3 aliphatic rings. The first-order valence-electron chi connectivity index (χ1n) is 9.96. The summed E-state index contributed by atoms with van der Waals surface area (Å²) >= 11 is 0. The summed E-state index contributed by atoms with van der Waals surface area (Å²) in [5.74, 6) is -1.70. The Kier molecular flexibility index (Phi) is 4.33. The number of nitrogens with one attached hydrogen (secondary N) is 2. The molecule has 5 rings (SSSR count). The van der Waals surface area contributed by atoms with Gasteiger partial charge in [-0.05, 0) is 42.7 Å². The number of para-hydroxylation sites is 1. The van der Waals surface area contributed by atoms with Crippen LogP contribution in [0, 0.1) is 11.6 Å². The highest BCUT2D eigenvalue weighted by Crippen LogP contribution is 2.43. The van der Waals surface area contributed by atoms with E-state index in [0.29, 0.717) is 25.1 Å². The predicted molar refractivity (Wildman–Crippen MR) is 104 cm³/mol. The highest BCUT2D eigenvalue weighted by molar-refractivity contribution is 6.02. The summed E-state index contributed by atoms with van der Waals surface area (Å²) in [6.07, 6.45) is 2.37. The van der Waals surface area contributed by atoms with Crippen LogP contribution in [0.25, 0.3) is 0 Å². The molecule has 0 aromatic heterocycles. The fourth-order valence-electron chi connectivity index (χ4n) is 4.79. The van der Waals surface area contributed by atoms with E-state index in [1.807, 2.05) is 24.3 Å². The maximum Gasteiger partial charge on any atom is 0.255 e. The van der Waals surface area contributed by atoms with Crippen molar-refractivity contribution in [1.29, 1.82) is 0 Å². The molecule has 0 radical (unpaired) electrons. The van der Waals surface area contributed by atoms with Crippen molar-refractivity contribution in [3.8, 4) is 0 Å². The van der Waals surface area contributed by atoms with Gasteiger partial charge in [-0.3, -0.25) is 9.69 Å². The number of fused-ring (bicyclic) bond motifs is 1. The smallest absolute Gasteiger partial charge is 0.255 e. The number of anilines is 1. The molecule has 2 saturated heterocycles. The zero-order valence-corrected chi connectivity index (χ0v) is 16.0. The van der Waals surface area contributed by atoms with Gasteiger partial charge in [0.2, 0.25) is 0 Å². The van der Waals surface area contributed by atoms with Crippen molar-refractivity contribution in [2.75, 3.05) is 25.0 Å². The summed E-state index contributed by atoms with van der Waals surface area (Å²) < 4.78 is 32.8. The number of amides is 1. The second-order valence-corrected chi connectivity index (χ2v) is 8.38. The number of likely N-dealkylation sites (tertiary alicyclic amines) is 1. The van der Waals surface area contributed by atoms with Gasteiger partial charge < -0.3 is 15.4 Å². The minimum Gasteiger partial charge on any atom is -0.370 e. The summed E-state index contributed by atoms with van der Waals surface area (Å²) in [4.78, 5) is 14.8. The number of hydrogen-bond acceptors (Lipinski definition) is 4. The standard InChI is InChI=1S/C22H23F2N3O2/c23-17-6-5-15(11-18(17)24)12-27-9-7-21(8-10-27)13-22(14-29-21)25-19-4-2-1-3-16(19)20(28)26-22/h1-6,11,25H,7-10,12-14H2,(H,26,28). The number of benzene rings is 2. The van der Waals surface area contributed by atoms with E-state index in [2.05, 4.69) is 15.5 Å². The van der Waals surface area contributed by atoms with Gasteiger partial charge in [-0.15, -0.1) is 0 Å². The van der Waals surface area contributed by atoms with Gasteiger partial charge in [-0.1, -0.05) is 18.2 Å². The molecule has 1 atom stereocenters. The number of halogens is 2. The largest absolute Gasteiger partial charge is 0.370 e. The molecule has 2 spiro atoms. The van der Waals surface area contributed by atoms with E-state index in [4.69, 9.17) is 4.74 Å². The van der Waals surface area contributed by atoms with Crippen LogP contribution in [0.3, 0.4) is 0 Å². The van der Waals surface area contributed by atoms with E-state index in [1.165, 1.54) is 12.1 Å². The number of rotatable bonds is 2. The second kappa shape index (κ2) is 6.78. The average Bonchev–Trinajstić information content (AvgIpc) is 3.04. The Morgan fingerprint density at radius 1 is 1.03 bits per heavy atom. The van der Waals surface area contributed by atoms with Crippen LogP contribution >= 0.6 is 0 Å². The second-order valence-electron chi connectivity index (χ2n) is 8.38. The average molecular weight is 399 g/mol. The van der Waals surface area contributed by atoms with Crippen LogP contribution in [0.4, 0.5) is 14.5 Å². The minimum absolute atomic E-state index is 0.0734. The lowest BCUT2D eigenvalue weighted by atomic mass is 9.84. The Morgan fingerprint density at radius 3 is 2.62 bits per heavy atom. The van der Waals surface area contributed by atoms with Gasteiger partial charge >= 0.3 is 0 Å². The topological polar surface area (TPSA) is 53.6 Å². The molecule has 2 fully saturated rings. The number of hydrogen-bond donors (Lipinski definition) is 2. The quantitative estimate of drug-likeness (QED) is 0.814. The molecule has 1 amide bonds. The third-order valence-electron chi connectivity index (χ3n) is 6.30. The fraction of sp³-hybridized carbons (Fsp3) is 0.409. The Labute approximate surface area is 168 Å². The van der Waals surface area contributed by atoms with Gasteiger partial charge in [0.05, 0.1) is 17.8 Å². The molecule has 0 aliphatic carbocycles. The lowest BCUT2D eigenvalue weighted by Crippen LogP contribution is -2.59. The summed E-state index contributed by atoms with van der Waals surface area (Å²) in [6.45, 7) is 2.62. The maximum absolute atomic E-state index is 13.5. The maximum atomic E-state index is 13.5. The summed E-state index contributed by atoms with van der Waals surface area (Å²) in [5, 5.41) is 6.61. The lowest BCUT2D eigenvalue weighted by molar-refractivity contribution is -0.0452. The third-order valence-corrected chi connectivity index (χ3v) is 6.30. The highest BCUT2D eigenvalue weighted by Gasteiger charge is 2.53. The van der Waals surface area contributed by atoms with Crippen molar-refractivity contribution in [3.63, 3.8) is 0 Å². The number of carbonyl (C=O) groups is 1. The molecule has 152 valence electrons. The van der Waals surface area contributed by atoms with Crippen LogP contribution in [0.15, 0.2) is 42.5 Å². The lowest BCUT2D eigenvalue weighted by Gasteiger charge is -2.41. The Balaban J connectivity index is 1.24. The molecule has 3 heterocycles. The van der Waals surface area contributed by atoms with Crippen LogP contribution in [0.2, 0.25) is 0 Å². The number of carbonyl (C=O) groups excluding carboxylic acids is 1. The molecule has 5 nitrogen and oxygen atoms in total.